The van der Waals surface area contributed by atoms with Crippen LogP contribution in [0.25, 0.3) is 56.0 Å². The zero-order valence-corrected chi connectivity index (χ0v) is 21.2. The molecule has 3 N–H and O–H groups in total. The van der Waals surface area contributed by atoms with Crippen molar-refractivity contribution in [2.24, 2.45) is 5.92 Å². The van der Waals surface area contributed by atoms with Crippen LogP contribution in [0.1, 0.15) is 24.0 Å². The molecule has 0 radical (unpaired) electrons. The number of rotatable bonds is 5. The van der Waals surface area contributed by atoms with Gasteiger partial charge in [0.2, 0.25) is 0 Å². The Morgan fingerprint density at radius 3 is 2.63 bits per heavy atom. The number of hydrogen-bond donors (Lipinski definition) is 3. The molecule has 0 atom stereocenters. The van der Waals surface area contributed by atoms with Gasteiger partial charge < -0.3 is 10.3 Å². The highest BCUT2D eigenvalue weighted by atomic mass is 15.1. The Balaban J connectivity index is 1.26. The summed E-state index contributed by atoms with van der Waals surface area (Å²) in [6, 6.07) is 14.7. The van der Waals surface area contributed by atoms with Crippen LogP contribution in [-0.4, -0.2) is 48.2 Å². The summed E-state index contributed by atoms with van der Waals surface area (Å²) < 4.78 is 0. The maximum absolute atomic E-state index is 5.01. The second kappa shape index (κ2) is 9.46. The summed E-state index contributed by atoms with van der Waals surface area (Å²) in [6.45, 7) is 4.29. The van der Waals surface area contributed by atoms with Gasteiger partial charge in [-0.1, -0.05) is 29.8 Å². The number of aryl methyl sites for hydroxylation is 1. The highest BCUT2D eigenvalue weighted by Gasteiger charge is 2.18. The molecule has 1 aliphatic rings. The number of nitrogens with zero attached hydrogens (tertiary/aromatic N) is 5. The smallest absolute Gasteiger partial charge is 0.161 e. The number of nitrogens with one attached hydrogen (secondary N) is 3. The summed E-state index contributed by atoms with van der Waals surface area (Å²) in [7, 11) is 0. The largest absolute Gasteiger partial charge is 0.335 e. The molecule has 1 aromatic carbocycles. The Hall–Kier alpha value is -4.43. The van der Waals surface area contributed by atoms with E-state index in [9.17, 15) is 0 Å². The van der Waals surface area contributed by atoms with E-state index in [0.717, 1.165) is 64.0 Å². The molecule has 8 heteroatoms. The fourth-order valence-electron chi connectivity index (χ4n) is 5.45. The van der Waals surface area contributed by atoms with Crippen molar-refractivity contribution in [3.63, 3.8) is 0 Å². The number of pyridine rings is 3. The van der Waals surface area contributed by atoms with Gasteiger partial charge in [0.05, 0.1) is 28.4 Å². The minimum absolute atomic E-state index is 0.663. The van der Waals surface area contributed by atoms with E-state index in [1.807, 2.05) is 30.7 Å². The van der Waals surface area contributed by atoms with Crippen LogP contribution in [0.2, 0.25) is 0 Å². The summed E-state index contributed by atoms with van der Waals surface area (Å²) in [6.07, 6.45) is 11.0. The van der Waals surface area contributed by atoms with E-state index in [1.165, 1.54) is 24.0 Å². The molecule has 7 rings (SSSR count). The van der Waals surface area contributed by atoms with Crippen molar-refractivity contribution < 1.29 is 0 Å². The molecule has 0 spiro atoms. The van der Waals surface area contributed by atoms with Crippen molar-refractivity contribution in [1.29, 1.82) is 0 Å². The lowest BCUT2D eigenvalue weighted by atomic mass is 9.91. The first-order valence-corrected chi connectivity index (χ1v) is 13.1. The molecule has 8 nitrogen and oxygen atoms in total. The standard InChI is InChI=1S/C30H28N8/c1-18-3-2-4-21(11-18)23-16-33-17-26-27(23)36-30(35-26)29-28-25(37-38-29)6-5-24(34-28)22-13-20(14-32-15-22)12-19-7-9-31-10-8-19/h2-6,11,13-17,19,31H,7-10,12H2,1H3,(H,35,36)(H,37,38). The fourth-order valence-corrected chi connectivity index (χ4v) is 5.45. The van der Waals surface area contributed by atoms with Crippen LogP contribution in [0.4, 0.5) is 0 Å². The number of aromatic amines is 2. The second-order valence-electron chi connectivity index (χ2n) is 10.2. The maximum Gasteiger partial charge on any atom is 0.161 e. The summed E-state index contributed by atoms with van der Waals surface area (Å²) in [4.78, 5) is 22.4. The third-order valence-electron chi connectivity index (χ3n) is 7.43. The van der Waals surface area contributed by atoms with Crippen molar-refractivity contribution in [3.05, 3.63) is 78.4 Å². The summed E-state index contributed by atoms with van der Waals surface area (Å²) in [5.74, 6) is 1.37. The molecular formula is C30H28N8. The summed E-state index contributed by atoms with van der Waals surface area (Å²) in [5.41, 5.74) is 10.5. The molecule has 0 saturated carbocycles. The van der Waals surface area contributed by atoms with Crippen LogP contribution in [0.5, 0.6) is 0 Å². The predicted octanol–water partition coefficient (Wildman–Crippen LogP) is 5.48. The number of imidazole rings is 1. The van der Waals surface area contributed by atoms with E-state index >= 15 is 0 Å². The van der Waals surface area contributed by atoms with Crippen LogP contribution < -0.4 is 5.32 Å². The van der Waals surface area contributed by atoms with E-state index in [0.29, 0.717) is 17.4 Å². The lowest BCUT2D eigenvalue weighted by molar-refractivity contribution is 0.372. The van der Waals surface area contributed by atoms with Gasteiger partial charge in [0, 0.05) is 29.7 Å². The number of aromatic nitrogens is 7. The van der Waals surface area contributed by atoms with E-state index < -0.39 is 0 Å². The Bertz CT molecular complexity index is 1760. The molecule has 0 bridgehead atoms. The van der Waals surface area contributed by atoms with Crippen molar-refractivity contribution in [2.75, 3.05) is 13.1 Å². The molecule has 188 valence electrons. The fraction of sp³-hybridized carbons (Fsp3) is 0.233. The van der Waals surface area contributed by atoms with Crippen molar-refractivity contribution in [3.8, 4) is 33.9 Å². The lowest BCUT2D eigenvalue weighted by Crippen LogP contribution is -2.28. The lowest BCUT2D eigenvalue weighted by Gasteiger charge is -2.22. The highest BCUT2D eigenvalue weighted by Crippen LogP contribution is 2.32. The molecule has 38 heavy (non-hydrogen) atoms. The Morgan fingerprint density at radius 2 is 1.74 bits per heavy atom. The SMILES string of the molecule is Cc1cccc(-c2cncc3[nH]c(-c4n[nH]c5ccc(-c6cncc(CC7CCNCC7)c6)nc45)nc23)c1. The molecule has 6 aromatic rings. The van der Waals surface area contributed by atoms with Gasteiger partial charge in [0.15, 0.2) is 11.5 Å². The highest BCUT2D eigenvalue weighted by molar-refractivity contribution is 5.95. The zero-order chi connectivity index (χ0) is 25.5. The van der Waals surface area contributed by atoms with Crippen LogP contribution in [0, 0.1) is 12.8 Å². The zero-order valence-electron chi connectivity index (χ0n) is 21.2. The van der Waals surface area contributed by atoms with Gasteiger partial charge in [0.25, 0.3) is 0 Å². The van der Waals surface area contributed by atoms with Crippen LogP contribution in [0.3, 0.4) is 0 Å². The van der Waals surface area contributed by atoms with Gasteiger partial charge in [-0.15, -0.1) is 0 Å². The van der Waals surface area contributed by atoms with Gasteiger partial charge in [-0.25, -0.2) is 9.97 Å². The first-order valence-electron chi connectivity index (χ1n) is 13.1. The van der Waals surface area contributed by atoms with Gasteiger partial charge in [-0.05, 0) is 74.5 Å². The normalized spacial score (nSPS) is 14.4. The molecular weight excluding hydrogens is 472 g/mol. The quantitative estimate of drug-likeness (QED) is 0.289. The third kappa shape index (κ3) is 4.22. The number of hydrogen-bond acceptors (Lipinski definition) is 6. The average Bonchev–Trinajstić information content (AvgIpc) is 3.57. The summed E-state index contributed by atoms with van der Waals surface area (Å²) >= 11 is 0. The van der Waals surface area contributed by atoms with Crippen molar-refractivity contribution in [2.45, 2.75) is 26.2 Å². The Morgan fingerprint density at radius 1 is 0.842 bits per heavy atom. The summed E-state index contributed by atoms with van der Waals surface area (Å²) in [5, 5.41) is 11.2. The van der Waals surface area contributed by atoms with Crippen LogP contribution in [-0.2, 0) is 6.42 Å². The molecule has 0 aliphatic carbocycles. The maximum atomic E-state index is 5.01. The van der Waals surface area contributed by atoms with Crippen LogP contribution >= 0.6 is 0 Å². The minimum Gasteiger partial charge on any atom is -0.335 e. The first-order chi connectivity index (χ1) is 18.7. The Labute approximate surface area is 220 Å². The van der Waals surface area contributed by atoms with Crippen molar-refractivity contribution in [1.82, 2.24) is 40.4 Å². The topological polar surface area (TPSA) is 108 Å². The van der Waals surface area contributed by atoms with Crippen LogP contribution in [0.15, 0.2) is 67.3 Å². The van der Waals surface area contributed by atoms with Gasteiger partial charge >= 0.3 is 0 Å². The van der Waals surface area contributed by atoms with Gasteiger partial charge in [0.1, 0.15) is 5.52 Å². The molecule has 0 amide bonds. The molecule has 0 unspecified atom stereocenters. The molecule has 1 fully saturated rings. The third-order valence-corrected chi connectivity index (χ3v) is 7.43. The first kappa shape index (κ1) is 22.7. The second-order valence-corrected chi connectivity index (χ2v) is 10.2. The average molecular weight is 501 g/mol. The number of H-pyrrole nitrogens is 2. The van der Waals surface area contributed by atoms with Gasteiger partial charge in [-0.2, -0.15) is 5.10 Å². The molecule has 1 saturated heterocycles. The van der Waals surface area contributed by atoms with Crippen molar-refractivity contribution >= 4 is 22.1 Å². The Kier molecular flexibility index (Phi) is 5.66. The van der Waals surface area contributed by atoms with Gasteiger partial charge in [-0.3, -0.25) is 15.1 Å². The minimum atomic E-state index is 0.663. The number of fused-ring (bicyclic) bond motifs is 2. The monoisotopic (exact) mass is 500 g/mol. The molecule has 1 aliphatic heterocycles. The number of piperidine rings is 1. The number of benzene rings is 1. The predicted molar refractivity (Wildman–Crippen MR) is 149 cm³/mol. The van der Waals surface area contributed by atoms with E-state index in [2.05, 4.69) is 67.7 Å². The van der Waals surface area contributed by atoms with E-state index in [-0.39, 0.29) is 0 Å². The van der Waals surface area contributed by atoms with E-state index in [4.69, 9.17) is 9.97 Å². The molecule has 6 heterocycles. The van der Waals surface area contributed by atoms with E-state index in [1.54, 1.807) is 6.20 Å². The molecule has 5 aromatic heterocycles.